The number of anilines is 1. The van der Waals surface area contributed by atoms with Crippen molar-refractivity contribution in [2.24, 2.45) is 0 Å². The molecule has 0 aliphatic rings. The summed E-state index contributed by atoms with van der Waals surface area (Å²) in [6, 6.07) is 14.2. The number of carbonyl (C=O) groups is 2. The van der Waals surface area contributed by atoms with Crippen molar-refractivity contribution in [3.8, 4) is 0 Å². The summed E-state index contributed by atoms with van der Waals surface area (Å²) >= 11 is 5.05. The van der Waals surface area contributed by atoms with Crippen molar-refractivity contribution >= 4 is 45.4 Å². The summed E-state index contributed by atoms with van der Waals surface area (Å²) in [4.78, 5) is 26.9. The zero-order valence-corrected chi connectivity index (χ0v) is 15.1. The maximum atomic E-state index is 11.9. The average Bonchev–Trinajstić information content (AvgIpc) is 2.56. The molecule has 0 bridgehead atoms. The number of nitrogens with one attached hydrogen (secondary N) is 2. The summed E-state index contributed by atoms with van der Waals surface area (Å²) in [5.41, 5.74) is 0.502. The Morgan fingerprint density at radius 2 is 1.57 bits per heavy atom. The highest BCUT2D eigenvalue weighted by molar-refractivity contribution is 9.10. The van der Waals surface area contributed by atoms with E-state index in [1.807, 2.05) is 36.4 Å². The molecule has 4 amide bonds. The molecule has 0 heterocycles. The van der Waals surface area contributed by atoms with E-state index in [9.17, 15) is 9.59 Å². The van der Waals surface area contributed by atoms with Gasteiger partial charge in [0.1, 0.15) is 0 Å². The fraction of sp³-hybridized carbons (Fsp3) is 0.125. The minimum absolute atomic E-state index is 0.489. The number of hydrogen-bond acceptors (Lipinski definition) is 3. The maximum Gasteiger partial charge on any atom is 0.329 e. The topological polar surface area (TPSA) is 61.4 Å². The van der Waals surface area contributed by atoms with Crippen molar-refractivity contribution in [2.75, 3.05) is 19.0 Å². The molecule has 0 aliphatic carbocycles. The van der Waals surface area contributed by atoms with Crippen LogP contribution in [0.5, 0.6) is 0 Å². The number of carbonyl (C=O) groups excluding carboxylic acids is 2. The number of amides is 4. The van der Waals surface area contributed by atoms with E-state index in [1.54, 1.807) is 23.9 Å². The molecule has 0 radical (unpaired) electrons. The van der Waals surface area contributed by atoms with E-state index in [-0.39, 0.29) is 0 Å². The Balaban J connectivity index is 2.20. The first-order valence-electron chi connectivity index (χ1n) is 6.82. The number of urea groups is 2. The molecule has 0 saturated carbocycles. The largest absolute Gasteiger partial charge is 0.340 e. The lowest BCUT2D eigenvalue weighted by Crippen LogP contribution is -2.46. The average molecular weight is 394 g/mol. The Morgan fingerprint density at radius 1 is 0.957 bits per heavy atom. The van der Waals surface area contributed by atoms with Crippen LogP contribution in [0.3, 0.4) is 0 Å². The molecule has 2 aromatic carbocycles. The molecule has 7 heteroatoms. The molecule has 2 N–H and O–H groups in total. The number of imide groups is 1. The Morgan fingerprint density at radius 3 is 2.09 bits per heavy atom. The molecule has 0 aromatic heterocycles. The molecule has 23 heavy (non-hydrogen) atoms. The van der Waals surface area contributed by atoms with E-state index in [0.29, 0.717) is 5.69 Å². The summed E-state index contributed by atoms with van der Waals surface area (Å²) in [7, 11) is 2.96. The third-order valence-corrected chi connectivity index (χ3v) is 4.45. The summed E-state index contributed by atoms with van der Waals surface area (Å²) in [5, 5.41) is 4.91. The molecule has 0 aliphatic heterocycles. The molecule has 120 valence electrons. The molecule has 0 fully saturated rings. The second-order valence-corrected chi connectivity index (χ2v) is 6.56. The van der Waals surface area contributed by atoms with Crippen LogP contribution >= 0.6 is 27.7 Å². The second-order valence-electron chi connectivity index (χ2n) is 4.50. The number of halogens is 1. The molecule has 0 spiro atoms. The first-order chi connectivity index (χ1) is 11.0. The Labute approximate surface area is 147 Å². The highest BCUT2D eigenvalue weighted by atomic mass is 79.9. The van der Waals surface area contributed by atoms with E-state index in [4.69, 9.17) is 0 Å². The number of benzene rings is 2. The van der Waals surface area contributed by atoms with Crippen LogP contribution in [0.15, 0.2) is 62.8 Å². The summed E-state index contributed by atoms with van der Waals surface area (Å²) in [6.45, 7) is 0. The highest BCUT2D eigenvalue weighted by Crippen LogP contribution is 2.30. The van der Waals surface area contributed by atoms with Gasteiger partial charge in [-0.2, -0.15) is 0 Å². The summed E-state index contributed by atoms with van der Waals surface area (Å²) in [5.74, 6) is 0. The van der Waals surface area contributed by atoms with Crippen LogP contribution in [-0.2, 0) is 0 Å². The van der Waals surface area contributed by atoms with E-state index in [2.05, 4.69) is 26.6 Å². The van der Waals surface area contributed by atoms with Gasteiger partial charge in [-0.1, -0.05) is 33.8 Å². The van der Waals surface area contributed by atoms with Gasteiger partial charge >= 0.3 is 12.1 Å². The first kappa shape index (κ1) is 17.4. The molecule has 2 aromatic rings. The molecular formula is C16H16BrN3O2S. The smallest absolute Gasteiger partial charge is 0.329 e. The number of hydrogen-bond donors (Lipinski definition) is 2. The maximum absolute atomic E-state index is 11.9. The van der Waals surface area contributed by atoms with Crippen LogP contribution in [0, 0.1) is 0 Å². The van der Waals surface area contributed by atoms with Gasteiger partial charge in [0.25, 0.3) is 0 Å². The molecule has 0 unspecified atom stereocenters. The van der Waals surface area contributed by atoms with E-state index in [0.717, 1.165) is 19.2 Å². The number of rotatable bonds is 3. The Hall–Kier alpha value is -1.99. The first-order valence-corrected chi connectivity index (χ1v) is 8.43. The van der Waals surface area contributed by atoms with Crippen LogP contribution in [-0.4, -0.2) is 26.2 Å². The predicted molar refractivity (Wildman–Crippen MR) is 96.1 cm³/mol. The quantitative estimate of drug-likeness (QED) is 0.825. The lowest BCUT2D eigenvalue weighted by molar-refractivity contribution is 0.236. The second kappa shape index (κ2) is 8.03. The molecule has 5 nitrogen and oxygen atoms in total. The van der Waals surface area contributed by atoms with Crippen molar-refractivity contribution in [2.45, 2.75) is 9.79 Å². The lowest BCUT2D eigenvalue weighted by Gasteiger charge is -2.20. The van der Waals surface area contributed by atoms with Crippen LogP contribution in [0.1, 0.15) is 0 Å². The highest BCUT2D eigenvalue weighted by Gasteiger charge is 2.21. The third-order valence-electron chi connectivity index (χ3n) is 2.96. The SMILES string of the molecule is CNC(=O)N(C(=O)NC)c1ccc(Sc2cccc(Br)c2)cc1. The van der Waals surface area contributed by atoms with Gasteiger partial charge in [0, 0.05) is 28.4 Å². The van der Waals surface area contributed by atoms with Crippen molar-refractivity contribution in [3.63, 3.8) is 0 Å². The van der Waals surface area contributed by atoms with E-state index >= 15 is 0 Å². The van der Waals surface area contributed by atoms with Crippen molar-refractivity contribution in [1.29, 1.82) is 0 Å². The van der Waals surface area contributed by atoms with Crippen LogP contribution in [0.2, 0.25) is 0 Å². The summed E-state index contributed by atoms with van der Waals surface area (Å²) in [6.07, 6.45) is 0. The standard InChI is InChI=1S/C16H16BrN3O2S/c1-18-15(21)20(16(22)19-2)12-6-8-13(9-7-12)23-14-5-3-4-11(17)10-14/h3-10H,1-2H3,(H,18,21)(H,19,22). The van der Waals surface area contributed by atoms with Gasteiger partial charge < -0.3 is 10.6 Å². The van der Waals surface area contributed by atoms with Gasteiger partial charge in [0.2, 0.25) is 0 Å². The molecular weight excluding hydrogens is 378 g/mol. The molecule has 0 atom stereocenters. The zero-order valence-electron chi connectivity index (χ0n) is 12.7. The Bertz CT molecular complexity index is 691. The van der Waals surface area contributed by atoms with Gasteiger partial charge in [0.05, 0.1) is 5.69 Å². The molecule has 2 rings (SSSR count). The van der Waals surface area contributed by atoms with Crippen molar-refractivity contribution in [3.05, 3.63) is 53.0 Å². The Kier molecular flexibility index (Phi) is 6.06. The lowest BCUT2D eigenvalue weighted by atomic mass is 10.3. The summed E-state index contributed by atoms with van der Waals surface area (Å²) < 4.78 is 1.02. The van der Waals surface area contributed by atoms with Crippen molar-refractivity contribution in [1.82, 2.24) is 10.6 Å². The van der Waals surface area contributed by atoms with Crippen LogP contribution < -0.4 is 15.5 Å². The molecule has 0 saturated heterocycles. The van der Waals surface area contributed by atoms with Gasteiger partial charge in [-0.3, -0.25) is 0 Å². The predicted octanol–water partition coefficient (Wildman–Crippen LogP) is 4.09. The van der Waals surface area contributed by atoms with Crippen LogP contribution in [0.25, 0.3) is 0 Å². The van der Waals surface area contributed by atoms with Crippen molar-refractivity contribution < 1.29 is 9.59 Å². The minimum atomic E-state index is -0.489. The van der Waals surface area contributed by atoms with Gasteiger partial charge in [-0.05, 0) is 42.5 Å². The van der Waals surface area contributed by atoms with E-state index < -0.39 is 12.1 Å². The van der Waals surface area contributed by atoms with Gasteiger partial charge in [-0.25, -0.2) is 14.5 Å². The monoisotopic (exact) mass is 393 g/mol. The fourth-order valence-corrected chi connectivity index (χ4v) is 3.31. The number of nitrogens with zero attached hydrogens (tertiary/aromatic N) is 1. The zero-order chi connectivity index (χ0) is 16.8. The fourth-order valence-electron chi connectivity index (χ4n) is 1.88. The third kappa shape index (κ3) is 4.49. The van der Waals surface area contributed by atoms with Crippen LogP contribution in [0.4, 0.5) is 15.3 Å². The van der Waals surface area contributed by atoms with Gasteiger partial charge in [0.15, 0.2) is 0 Å². The minimum Gasteiger partial charge on any atom is -0.340 e. The van der Waals surface area contributed by atoms with E-state index in [1.165, 1.54) is 14.1 Å². The normalized spacial score (nSPS) is 10.0. The van der Waals surface area contributed by atoms with Gasteiger partial charge in [-0.15, -0.1) is 0 Å².